The summed E-state index contributed by atoms with van der Waals surface area (Å²) in [6.45, 7) is 7.07. The molecule has 0 radical (unpaired) electrons. The number of hydrogen-bond acceptors (Lipinski definition) is 2. The molecule has 1 saturated carbocycles. The second-order valence-electron chi connectivity index (χ2n) is 6.67. The lowest BCUT2D eigenvalue weighted by Gasteiger charge is -2.40. The van der Waals surface area contributed by atoms with Crippen LogP contribution in [0, 0.1) is 11.3 Å². The Bertz CT molecular complexity index is 238. The zero-order valence-electron chi connectivity index (χ0n) is 12.7. The standard InChI is InChI=1S/C15H30F2N2/c1-13(2)9-18-11-15(7-5-4-6-8-15)12-19(3)10-14(16)17/h13-14,18H,4-12H2,1-3H3. The van der Waals surface area contributed by atoms with Crippen LogP contribution in [0.5, 0.6) is 0 Å². The summed E-state index contributed by atoms with van der Waals surface area (Å²) in [4.78, 5) is 1.81. The molecule has 0 aromatic heterocycles. The molecule has 1 N–H and O–H groups in total. The van der Waals surface area contributed by atoms with Crippen LogP contribution < -0.4 is 5.32 Å². The first-order valence-corrected chi connectivity index (χ1v) is 7.61. The van der Waals surface area contributed by atoms with Crippen molar-refractivity contribution in [2.45, 2.75) is 52.4 Å². The minimum absolute atomic E-state index is 0.105. The van der Waals surface area contributed by atoms with Crippen molar-refractivity contribution in [1.82, 2.24) is 10.2 Å². The lowest BCUT2D eigenvalue weighted by molar-refractivity contribution is 0.0597. The van der Waals surface area contributed by atoms with Gasteiger partial charge in [0.05, 0.1) is 6.54 Å². The van der Waals surface area contributed by atoms with E-state index in [4.69, 9.17) is 0 Å². The van der Waals surface area contributed by atoms with Gasteiger partial charge >= 0.3 is 0 Å². The van der Waals surface area contributed by atoms with Crippen LogP contribution >= 0.6 is 0 Å². The van der Waals surface area contributed by atoms with Gasteiger partial charge in [0.15, 0.2) is 0 Å². The van der Waals surface area contributed by atoms with Gasteiger partial charge in [-0.15, -0.1) is 0 Å². The normalized spacial score (nSPS) is 19.6. The Labute approximate surface area is 116 Å². The van der Waals surface area contributed by atoms with Crippen molar-refractivity contribution >= 4 is 0 Å². The molecule has 0 aromatic rings. The van der Waals surface area contributed by atoms with Crippen molar-refractivity contribution in [2.75, 3.05) is 33.2 Å². The molecule has 1 rings (SSSR count). The molecule has 4 heteroatoms. The van der Waals surface area contributed by atoms with Crippen LogP contribution in [0.25, 0.3) is 0 Å². The summed E-state index contributed by atoms with van der Waals surface area (Å²) in [5.41, 5.74) is 0.205. The van der Waals surface area contributed by atoms with Gasteiger partial charge in [0, 0.05) is 13.1 Å². The van der Waals surface area contributed by atoms with Crippen molar-refractivity contribution in [1.29, 1.82) is 0 Å². The third-order valence-corrected chi connectivity index (χ3v) is 4.02. The van der Waals surface area contributed by atoms with Crippen molar-refractivity contribution < 1.29 is 8.78 Å². The molecule has 0 spiro atoms. The summed E-state index contributed by atoms with van der Waals surface area (Å²) in [6, 6.07) is 0. The largest absolute Gasteiger partial charge is 0.316 e. The Balaban J connectivity index is 2.49. The molecule has 19 heavy (non-hydrogen) atoms. The molecular formula is C15H30F2N2. The molecule has 0 aromatic carbocycles. The maximum atomic E-state index is 12.5. The van der Waals surface area contributed by atoms with Crippen molar-refractivity contribution in [3.63, 3.8) is 0 Å². The van der Waals surface area contributed by atoms with E-state index in [2.05, 4.69) is 19.2 Å². The van der Waals surface area contributed by atoms with Gasteiger partial charge in [-0.1, -0.05) is 33.1 Å². The highest BCUT2D eigenvalue weighted by Gasteiger charge is 2.33. The third kappa shape index (κ3) is 6.66. The van der Waals surface area contributed by atoms with Crippen LogP contribution in [0.4, 0.5) is 8.78 Å². The van der Waals surface area contributed by atoms with Crippen LogP contribution in [0.2, 0.25) is 0 Å². The molecule has 0 heterocycles. The Morgan fingerprint density at radius 3 is 2.32 bits per heavy atom. The van der Waals surface area contributed by atoms with E-state index in [9.17, 15) is 8.78 Å². The van der Waals surface area contributed by atoms with E-state index < -0.39 is 6.43 Å². The first kappa shape index (κ1) is 16.8. The van der Waals surface area contributed by atoms with Gasteiger partial charge in [0.2, 0.25) is 0 Å². The number of nitrogens with zero attached hydrogens (tertiary/aromatic N) is 1. The molecule has 1 aliphatic carbocycles. The highest BCUT2D eigenvalue weighted by molar-refractivity contribution is 4.87. The molecule has 1 aliphatic rings. The van der Waals surface area contributed by atoms with Gasteiger partial charge < -0.3 is 10.2 Å². The van der Waals surface area contributed by atoms with Gasteiger partial charge in [-0.05, 0) is 37.8 Å². The predicted molar refractivity (Wildman–Crippen MR) is 76.7 cm³/mol. The van der Waals surface area contributed by atoms with E-state index in [0.29, 0.717) is 5.92 Å². The summed E-state index contributed by atoms with van der Waals surface area (Å²) in [6.07, 6.45) is 3.90. The van der Waals surface area contributed by atoms with Crippen LogP contribution in [-0.4, -0.2) is 44.6 Å². The number of nitrogens with one attached hydrogen (secondary N) is 1. The fourth-order valence-electron chi connectivity index (χ4n) is 3.19. The maximum absolute atomic E-state index is 12.5. The molecule has 0 amide bonds. The van der Waals surface area contributed by atoms with Gasteiger partial charge in [-0.3, -0.25) is 0 Å². The van der Waals surface area contributed by atoms with Gasteiger partial charge in [-0.25, -0.2) is 8.78 Å². The van der Waals surface area contributed by atoms with Crippen LogP contribution in [0.3, 0.4) is 0 Å². The predicted octanol–water partition coefficient (Wildman–Crippen LogP) is 3.38. The fraction of sp³-hybridized carbons (Fsp3) is 1.00. The smallest absolute Gasteiger partial charge is 0.251 e. The van der Waals surface area contributed by atoms with E-state index in [1.54, 1.807) is 0 Å². The second kappa shape index (κ2) is 8.15. The van der Waals surface area contributed by atoms with Crippen molar-refractivity contribution in [2.24, 2.45) is 11.3 Å². The van der Waals surface area contributed by atoms with E-state index in [1.165, 1.54) is 32.1 Å². The highest BCUT2D eigenvalue weighted by atomic mass is 19.3. The Hall–Kier alpha value is -0.220. The number of rotatable bonds is 8. The topological polar surface area (TPSA) is 15.3 Å². The van der Waals surface area contributed by atoms with Gasteiger partial charge in [0.1, 0.15) is 0 Å². The zero-order valence-corrected chi connectivity index (χ0v) is 12.7. The molecular weight excluding hydrogens is 246 g/mol. The Morgan fingerprint density at radius 1 is 1.16 bits per heavy atom. The third-order valence-electron chi connectivity index (χ3n) is 4.02. The second-order valence-corrected chi connectivity index (χ2v) is 6.67. The summed E-state index contributed by atoms with van der Waals surface area (Å²) in [5, 5.41) is 3.54. The quantitative estimate of drug-likeness (QED) is 0.731. The summed E-state index contributed by atoms with van der Waals surface area (Å²) in [7, 11) is 1.82. The Kier molecular flexibility index (Phi) is 7.22. The molecule has 2 nitrogen and oxygen atoms in total. The maximum Gasteiger partial charge on any atom is 0.251 e. The van der Waals surface area contributed by atoms with E-state index in [-0.39, 0.29) is 12.0 Å². The Morgan fingerprint density at radius 2 is 1.79 bits per heavy atom. The average Bonchev–Trinajstić information content (AvgIpc) is 2.28. The van der Waals surface area contributed by atoms with Crippen LogP contribution in [0.15, 0.2) is 0 Å². The molecule has 0 unspecified atom stereocenters. The number of hydrogen-bond donors (Lipinski definition) is 1. The number of alkyl halides is 2. The summed E-state index contributed by atoms with van der Waals surface area (Å²) in [5.74, 6) is 0.638. The molecule has 1 fully saturated rings. The molecule has 0 aliphatic heterocycles. The average molecular weight is 276 g/mol. The number of halogens is 2. The molecule has 114 valence electrons. The SMILES string of the molecule is CC(C)CNCC1(CN(C)CC(F)F)CCCCC1. The van der Waals surface area contributed by atoms with E-state index in [0.717, 1.165) is 19.6 Å². The molecule has 0 atom stereocenters. The van der Waals surface area contributed by atoms with Crippen LogP contribution in [0.1, 0.15) is 46.0 Å². The van der Waals surface area contributed by atoms with Crippen LogP contribution in [-0.2, 0) is 0 Å². The zero-order chi connectivity index (χ0) is 14.3. The minimum Gasteiger partial charge on any atom is -0.316 e. The lowest BCUT2D eigenvalue weighted by Crippen LogP contribution is -2.45. The minimum atomic E-state index is -2.23. The first-order chi connectivity index (χ1) is 8.93. The lowest BCUT2D eigenvalue weighted by atomic mass is 9.73. The van der Waals surface area contributed by atoms with E-state index in [1.807, 2.05) is 11.9 Å². The summed E-state index contributed by atoms with van der Waals surface area (Å²) < 4.78 is 24.9. The van der Waals surface area contributed by atoms with Crippen molar-refractivity contribution in [3.8, 4) is 0 Å². The highest BCUT2D eigenvalue weighted by Crippen LogP contribution is 2.36. The van der Waals surface area contributed by atoms with E-state index >= 15 is 0 Å². The monoisotopic (exact) mass is 276 g/mol. The van der Waals surface area contributed by atoms with Gasteiger partial charge in [0.25, 0.3) is 6.43 Å². The first-order valence-electron chi connectivity index (χ1n) is 7.61. The molecule has 0 bridgehead atoms. The van der Waals surface area contributed by atoms with Gasteiger partial charge in [-0.2, -0.15) is 0 Å². The van der Waals surface area contributed by atoms with Crippen molar-refractivity contribution in [3.05, 3.63) is 0 Å². The summed E-state index contributed by atoms with van der Waals surface area (Å²) >= 11 is 0. The fourth-order valence-corrected chi connectivity index (χ4v) is 3.19. The molecule has 0 saturated heterocycles.